The molecule has 2 aromatic carbocycles. The van der Waals surface area contributed by atoms with Crippen LogP contribution in [0, 0.1) is 13.8 Å². The van der Waals surface area contributed by atoms with Crippen LogP contribution in [0.15, 0.2) is 36.4 Å². The fraction of sp³-hybridized carbons (Fsp3) is 0.250. The predicted octanol–water partition coefficient (Wildman–Crippen LogP) is 4.58. The van der Waals surface area contributed by atoms with Crippen LogP contribution in [0.3, 0.4) is 0 Å². The molecule has 0 bridgehead atoms. The van der Waals surface area contributed by atoms with Crippen LogP contribution in [0.4, 0.5) is 5.69 Å². The predicted molar refractivity (Wildman–Crippen MR) is 81.2 cm³/mol. The molecule has 0 unspecified atom stereocenters. The van der Waals surface area contributed by atoms with Gasteiger partial charge in [0.2, 0.25) is 0 Å². The van der Waals surface area contributed by atoms with Crippen molar-refractivity contribution >= 4 is 17.3 Å². The van der Waals surface area contributed by atoms with Gasteiger partial charge in [-0.25, -0.2) is 0 Å². The maximum absolute atomic E-state index is 6.02. The summed E-state index contributed by atoms with van der Waals surface area (Å²) in [5.41, 5.74) is 4.69. The zero-order valence-electron chi connectivity index (χ0n) is 11.5. The second kappa shape index (κ2) is 5.98. The number of methoxy groups -OCH3 is 1. The summed E-state index contributed by atoms with van der Waals surface area (Å²) in [6, 6.07) is 12.0. The molecular weight excluding hydrogens is 258 g/mol. The molecule has 0 amide bonds. The molecule has 3 heteroatoms. The van der Waals surface area contributed by atoms with Crippen LogP contribution in [0.5, 0.6) is 5.75 Å². The Morgan fingerprint density at radius 3 is 2.58 bits per heavy atom. The fourth-order valence-corrected chi connectivity index (χ4v) is 2.28. The maximum Gasteiger partial charge on any atom is 0.123 e. The number of benzene rings is 2. The number of rotatable bonds is 4. The Morgan fingerprint density at radius 2 is 1.89 bits per heavy atom. The van der Waals surface area contributed by atoms with Crippen molar-refractivity contribution in [2.24, 2.45) is 0 Å². The number of halogens is 1. The van der Waals surface area contributed by atoms with Gasteiger partial charge < -0.3 is 10.1 Å². The molecule has 0 spiro atoms. The summed E-state index contributed by atoms with van der Waals surface area (Å²) in [7, 11) is 1.67. The van der Waals surface area contributed by atoms with Gasteiger partial charge in [-0.3, -0.25) is 0 Å². The largest absolute Gasteiger partial charge is 0.496 e. The summed E-state index contributed by atoms with van der Waals surface area (Å²) in [6.07, 6.45) is 0. The number of hydrogen-bond donors (Lipinski definition) is 1. The van der Waals surface area contributed by atoms with Gasteiger partial charge in [0.25, 0.3) is 0 Å². The maximum atomic E-state index is 6.02. The van der Waals surface area contributed by atoms with E-state index in [0.29, 0.717) is 6.54 Å². The molecule has 1 N–H and O–H groups in total. The van der Waals surface area contributed by atoms with Crippen molar-refractivity contribution < 1.29 is 4.74 Å². The molecule has 0 radical (unpaired) electrons. The topological polar surface area (TPSA) is 21.3 Å². The minimum atomic E-state index is 0.688. The highest BCUT2D eigenvalue weighted by atomic mass is 35.5. The summed E-state index contributed by atoms with van der Waals surface area (Å²) < 4.78 is 5.34. The first-order valence-electron chi connectivity index (χ1n) is 6.23. The van der Waals surface area contributed by atoms with Crippen molar-refractivity contribution in [3.05, 3.63) is 58.1 Å². The standard InChI is InChI=1S/C16H18ClNO/c1-11-4-6-15(12(2)8-11)18-10-13-9-14(17)5-7-16(13)19-3/h4-9,18H,10H2,1-3H3. The average molecular weight is 276 g/mol. The van der Waals surface area contributed by atoms with E-state index >= 15 is 0 Å². The number of anilines is 1. The van der Waals surface area contributed by atoms with E-state index < -0.39 is 0 Å². The minimum Gasteiger partial charge on any atom is -0.496 e. The van der Waals surface area contributed by atoms with Crippen LogP contribution >= 0.6 is 11.6 Å². The zero-order valence-corrected chi connectivity index (χ0v) is 12.2. The summed E-state index contributed by atoms with van der Waals surface area (Å²) in [4.78, 5) is 0. The highest BCUT2D eigenvalue weighted by Gasteiger charge is 2.05. The van der Waals surface area contributed by atoms with Gasteiger partial charge in [0, 0.05) is 22.8 Å². The zero-order chi connectivity index (χ0) is 13.8. The Labute approximate surface area is 119 Å². The van der Waals surface area contributed by atoms with E-state index in [0.717, 1.165) is 22.0 Å². The first-order valence-corrected chi connectivity index (χ1v) is 6.61. The second-order valence-corrected chi connectivity index (χ2v) is 5.06. The monoisotopic (exact) mass is 275 g/mol. The summed E-state index contributed by atoms with van der Waals surface area (Å²) >= 11 is 6.02. The highest BCUT2D eigenvalue weighted by Crippen LogP contribution is 2.24. The van der Waals surface area contributed by atoms with Gasteiger partial charge in [-0.1, -0.05) is 29.3 Å². The SMILES string of the molecule is COc1ccc(Cl)cc1CNc1ccc(C)cc1C. The van der Waals surface area contributed by atoms with Crippen LogP contribution < -0.4 is 10.1 Å². The fourth-order valence-electron chi connectivity index (χ4n) is 2.09. The number of aryl methyl sites for hydroxylation is 2. The van der Waals surface area contributed by atoms with Gasteiger partial charge in [0.05, 0.1) is 7.11 Å². The quantitative estimate of drug-likeness (QED) is 0.882. The molecule has 100 valence electrons. The third-order valence-corrected chi connectivity index (χ3v) is 3.33. The van der Waals surface area contributed by atoms with Gasteiger partial charge in [-0.15, -0.1) is 0 Å². The normalized spacial score (nSPS) is 10.3. The highest BCUT2D eigenvalue weighted by molar-refractivity contribution is 6.30. The molecule has 2 aromatic rings. The van der Waals surface area contributed by atoms with Crippen LogP contribution in [0.2, 0.25) is 5.02 Å². The van der Waals surface area contributed by atoms with E-state index in [-0.39, 0.29) is 0 Å². The van der Waals surface area contributed by atoms with Gasteiger partial charge in [0.15, 0.2) is 0 Å². The molecule has 0 saturated heterocycles. The summed E-state index contributed by atoms with van der Waals surface area (Å²) in [5.74, 6) is 0.849. The molecule has 0 aliphatic heterocycles. The smallest absolute Gasteiger partial charge is 0.123 e. The lowest BCUT2D eigenvalue weighted by atomic mass is 10.1. The molecule has 0 saturated carbocycles. The van der Waals surface area contributed by atoms with Gasteiger partial charge in [0.1, 0.15) is 5.75 Å². The number of nitrogens with one attached hydrogen (secondary N) is 1. The summed E-state index contributed by atoms with van der Waals surface area (Å²) in [6.45, 7) is 4.88. The third kappa shape index (κ3) is 3.42. The van der Waals surface area contributed by atoms with Crippen molar-refractivity contribution in [1.29, 1.82) is 0 Å². The molecule has 0 aliphatic carbocycles. The average Bonchev–Trinajstić information content (AvgIpc) is 2.38. The van der Waals surface area contributed by atoms with E-state index in [4.69, 9.17) is 16.3 Å². The Bertz CT molecular complexity index is 581. The second-order valence-electron chi connectivity index (χ2n) is 4.63. The molecule has 0 heterocycles. The van der Waals surface area contributed by atoms with Crippen molar-refractivity contribution in [3.63, 3.8) is 0 Å². The molecule has 0 fully saturated rings. The van der Waals surface area contributed by atoms with Crippen molar-refractivity contribution in [1.82, 2.24) is 0 Å². The van der Waals surface area contributed by atoms with Gasteiger partial charge in [-0.05, 0) is 43.7 Å². The van der Waals surface area contributed by atoms with Crippen molar-refractivity contribution in [2.45, 2.75) is 20.4 Å². The van der Waals surface area contributed by atoms with E-state index in [9.17, 15) is 0 Å². The van der Waals surface area contributed by atoms with E-state index in [1.54, 1.807) is 7.11 Å². The lowest BCUT2D eigenvalue weighted by molar-refractivity contribution is 0.410. The molecule has 2 nitrogen and oxygen atoms in total. The Balaban J connectivity index is 2.16. The third-order valence-electron chi connectivity index (χ3n) is 3.09. The Kier molecular flexibility index (Phi) is 4.33. The first kappa shape index (κ1) is 13.8. The van der Waals surface area contributed by atoms with Crippen molar-refractivity contribution in [2.75, 3.05) is 12.4 Å². The number of hydrogen-bond acceptors (Lipinski definition) is 2. The number of ether oxygens (including phenoxy) is 1. The van der Waals surface area contributed by atoms with Crippen LogP contribution in [-0.2, 0) is 6.54 Å². The molecular formula is C16H18ClNO. The van der Waals surface area contributed by atoms with Crippen LogP contribution in [0.25, 0.3) is 0 Å². The first-order chi connectivity index (χ1) is 9.10. The Morgan fingerprint density at radius 1 is 1.11 bits per heavy atom. The van der Waals surface area contributed by atoms with Gasteiger partial charge >= 0.3 is 0 Å². The Hall–Kier alpha value is -1.67. The van der Waals surface area contributed by atoms with E-state index in [2.05, 4.69) is 37.4 Å². The summed E-state index contributed by atoms with van der Waals surface area (Å²) in [5, 5.41) is 4.14. The van der Waals surface area contributed by atoms with E-state index in [1.807, 2.05) is 18.2 Å². The van der Waals surface area contributed by atoms with Crippen LogP contribution in [0.1, 0.15) is 16.7 Å². The lowest BCUT2D eigenvalue weighted by Crippen LogP contribution is -2.03. The minimum absolute atomic E-state index is 0.688. The lowest BCUT2D eigenvalue weighted by Gasteiger charge is -2.13. The van der Waals surface area contributed by atoms with Crippen LogP contribution in [-0.4, -0.2) is 7.11 Å². The van der Waals surface area contributed by atoms with Gasteiger partial charge in [-0.2, -0.15) is 0 Å². The molecule has 0 atom stereocenters. The molecule has 0 aromatic heterocycles. The molecule has 0 aliphatic rings. The van der Waals surface area contributed by atoms with E-state index in [1.165, 1.54) is 11.1 Å². The molecule has 2 rings (SSSR count). The van der Waals surface area contributed by atoms with Crippen molar-refractivity contribution in [3.8, 4) is 5.75 Å². The molecule has 19 heavy (non-hydrogen) atoms.